The van der Waals surface area contributed by atoms with Gasteiger partial charge in [0.05, 0.1) is 22.6 Å². The van der Waals surface area contributed by atoms with Crippen molar-refractivity contribution in [2.75, 3.05) is 18.8 Å². The van der Waals surface area contributed by atoms with Gasteiger partial charge in [-0.2, -0.15) is 0 Å². The topological polar surface area (TPSA) is 80.6 Å². The zero-order valence-electron chi connectivity index (χ0n) is 14.5. The summed E-state index contributed by atoms with van der Waals surface area (Å²) in [6, 6.07) is 2.19. The quantitative estimate of drug-likeness (QED) is 0.708. The van der Waals surface area contributed by atoms with Gasteiger partial charge in [0.25, 0.3) is 0 Å². The number of anilines is 1. The normalized spacial score (nSPS) is 16.2. The summed E-state index contributed by atoms with van der Waals surface area (Å²) in [6.07, 6.45) is 8.06. The Balaban J connectivity index is 1.59. The van der Waals surface area contributed by atoms with Crippen molar-refractivity contribution in [2.45, 2.75) is 32.6 Å². The molecule has 6 nitrogen and oxygen atoms in total. The first-order valence-electron chi connectivity index (χ1n) is 8.57. The molecule has 0 radical (unpaired) electrons. The van der Waals surface area contributed by atoms with Gasteiger partial charge in [0.1, 0.15) is 0 Å². The van der Waals surface area contributed by atoms with Crippen LogP contribution < -0.4 is 11.1 Å². The van der Waals surface area contributed by atoms with E-state index in [1.54, 1.807) is 11.3 Å². The average Bonchev–Trinajstić information content (AvgIpc) is 3.17. The summed E-state index contributed by atoms with van der Waals surface area (Å²) in [5.41, 5.74) is 9.91. The summed E-state index contributed by atoms with van der Waals surface area (Å²) < 4.78 is 1.97. The minimum Gasteiger partial charge on any atom is -0.390 e. The van der Waals surface area contributed by atoms with Crippen LogP contribution in [0.5, 0.6) is 0 Å². The lowest BCUT2D eigenvalue weighted by Crippen LogP contribution is -2.26. The molecule has 4 rings (SSSR count). The zero-order valence-corrected chi connectivity index (χ0v) is 15.3. The molecule has 25 heavy (non-hydrogen) atoms. The molecular weight excluding hydrogens is 332 g/mol. The highest BCUT2D eigenvalue weighted by atomic mass is 32.1. The maximum Gasteiger partial charge on any atom is 0.171 e. The third-order valence-electron chi connectivity index (χ3n) is 4.60. The van der Waals surface area contributed by atoms with Gasteiger partial charge >= 0.3 is 0 Å². The number of aryl methyl sites for hydroxylation is 2. The number of aromatic nitrogens is 3. The molecular formula is C18H22N6S. The number of imidazole rings is 1. The molecule has 130 valence electrons. The lowest BCUT2D eigenvalue weighted by molar-refractivity contribution is 0.465. The van der Waals surface area contributed by atoms with E-state index in [4.69, 9.17) is 5.73 Å². The van der Waals surface area contributed by atoms with E-state index in [9.17, 15) is 0 Å². The van der Waals surface area contributed by atoms with Crippen LogP contribution in [-0.2, 0) is 0 Å². The lowest BCUT2D eigenvalue weighted by Gasteiger charge is -2.21. The maximum absolute atomic E-state index is 6.21. The van der Waals surface area contributed by atoms with Crippen LogP contribution in [-0.4, -0.2) is 33.7 Å². The van der Waals surface area contributed by atoms with Crippen molar-refractivity contribution >= 4 is 34.0 Å². The number of nitrogens with two attached hydrogens (primary N) is 1. The van der Waals surface area contributed by atoms with Crippen molar-refractivity contribution in [2.24, 2.45) is 4.99 Å². The number of hydrogen-bond acceptors (Lipinski definition) is 6. The van der Waals surface area contributed by atoms with E-state index in [0.29, 0.717) is 11.7 Å². The number of aliphatic imine (C=N–C) groups is 1. The van der Waals surface area contributed by atoms with Gasteiger partial charge in [-0.05, 0) is 51.8 Å². The van der Waals surface area contributed by atoms with E-state index >= 15 is 0 Å². The third kappa shape index (κ3) is 3.29. The second-order valence-electron chi connectivity index (χ2n) is 6.55. The molecule has 0 aliphatic carbocycles. The number of piperidine rings is 1. The predicted octanol–water partition coefficient (Wildman–Crippen LogP) is 3.21. The zero-order chi connectivity index (χ0) is 17.4. The van der Waals surface area contributed by atoms with Crippen LogP contribution >= 0.6 is 11.3 Å². The molecule has 1 aliphatic rings. The third-order valence-corrected chi connectivity index (χ3v) is 5.74. The Labute approximate surface area is 150 Å². The Morgan fingerprint density at radius 3 is 2.88 bits per heavy atom. The molecule has 1 aliphatic heterocycles. The Morgan fingerprint density at radius 1 is 1.28 bits per heavy atom. The Kier molecular flexibility index (Phi) is 4.27. The highest BCUT2D eigenvalue weighted by Gasteiger charge is 2.18. The molecule has 0 atom stereocenters. The van der Waals surface area contributed by atoms with Crippen molar-refractivity contribution in [1.29, 1.82) is 0 Å². The summed E-state index contributed by atoms with van der Waals surface area (Å²) in [7, 11) is 0. The van der Waals surface area contributed by atoms with E-state index in [1.165, 1.54) is 17.7 Å². The van der Waals surface area contributed by atoms with Gasteiger partial charge in [-0.25, -0.2) is 9.98 Å². The number of nitrogens with zero attached hydrogens (tertiary/aromatic N) is 4. The van der Waals surface area contributed by atoms with Crippen LogP contribution in [0.1, 0.15) is 40.6 Å². The van der Waals surface area contributed by atoms with Crippen molar-refractivity contribution in [1.82, 2.24) is 19.7 Å². The van der Waals surface area contributed by atoms with Gasteiger partial charge in [-0.1, -0.05) is 0 Å². The van der Waals surface area contributed by atoms with Gasteiger partial charge in [-0.15, -0.1) is 11.3 Å². The minimum absolute atomic E-state index is 0.614. The maximum atomic E-state index is 6.21. The number of rotatable bonds is 3. The second kappa shape index (κ2) is 6.57. The van der Waals surface area contributed by atoms with E-state index in [-0.39, 0.29) is 0 Å². The van der Waals surface area contributed by atoms with E-state index in [0.717, 1.165) is 40.7 Å². The molecule has 4 heterocycles. The second-order valence-corrected chi connectivity index (χ2v) is 7.66. The fraction of sp³-hybridized carbons (Fsp3) is 0.389. The molecule has 0 bridgehead atoms. The summed E-state index contributed by atoms with van der Waals surface area (Å²) in [6.45, 7) is 6.11. The lowest BCUT2D eigenvalue weighted by atomic mass is 9.96. The monoisotopic (exact) mass is 354 g/mol. The molecule has 1 fully saturated rings. The van der Waals surface area contributed by atoms with Crippen molar-refractivity contribution in [3.05, 3.63) is 40.3 Å². The SMILES string of the molecule is Cc1cn2cc(/N=C/c3cc(C4CCNCC4)sc3N)nc2c(C)n1. The van der Waals surface area contributed by atoms with Gasteiger partial charge in [0.2, 0.25) is 0 Å². The number of hydrogen-bond donors (Lipinski definition) is 2. The molecule has 3 N–H and O–H groups in total. The predicted molar refractivity (Wildman–Crippen MR) is 103 cm³/mol. The van der Waals surface area contributed by atoms with Gasteiger partial charge in [0, 0.05) is 22.9 Å². The fourth-order valence-electron chi connectivity index (χ4n) is 3.34. The Morgan fingerprint density at radius 2 is 2.08 bits per heavy atom. The fourth-order valence-corrected chi connectivity index (χ4v) is 4.41. The molecule has 0 unspecified atom stereocenters. The summed E-state index contributed by atoms with van der Waals surface area (Å²) in [5, 5.41) is 4.23. The van der Waals surface area contributed by atoms with Crippen LogP contribution in [0, 0.1) is 13.8 Å². The summed E-state index contributed by atoms with van der Waals surface area (Å²) >= 11 is 1.69. The van der Waals surface area contributed by atoms with E-state index < -0.39 is 0 Å². The van der Waals surface area contributed by atoms with Crippen molar-refractivity contribution in [3.8, 4) is 0 Å². The first-order valence-corrected chi connectivity index (χ1v) is 9.39. The highest BCUT2D eigenvalue weighted by Crippen LogP contribution is 2.34. The molecule has 3 aromatic heterocycles. The largest absolute Gasteiger partial charge is 0.390 e. The summed E-state index contributed by atoms with van der Waals surface area (Å²) in [5.74, 6) is 1.28. The van der Waals surface area contributed by atoms with E-state index in [1.807, 2.05) is 36.9 Å². The average molecular weight is 354 g/mol. The van der Waals surface area contributed by atoms with Crippen LogP contribution in [0.15, 0.2) is 23.5 Å². The number of fused-ring (bicyclic) bond motifs is 1. The first kappa shape index (κ1) is 16.2. The van der Waals surface area contributed by atoms with Crippen LogP contribution in [0.25, 0.3) is 5.65 Å². The van der Waals surface area contributed by atoms with Gasteiger partial charge < -0.3 is 15.5 Å². The van der Waals surface area contributed by atoms with Crippen LogP contribution in [0.4, 0.5) is 10.8 Å². The number of nitrogen functional groups attached to an aromatic ring is 1. The van der Waals surface area contributed by atoms with Crippen LogP contribution in [0.2, 0.25) is 0 Å². The molecule has 1 saturated heterocycles. The number of nitrogens with one attached hydrogen (secondary N) is 1. The highest BCUT2D eigenvalue weighted by molar-refractivity contribution is 7.16. The standard InChI is InChI=1S/C18H22N6S/c1-11-9-24-10-16(23-18(24)12(2)22-11)21-8-14-7-15(25-17(14)19)13-3-5-20-6-4-13/h7-10,13,20H,3-6,19H2,1-2H3/b21-8+. The Hall–Kier alpha value is -2.25. The van der Waals surface area contributed by atoms with E-state index in [2.05, 4.69) is 26.3 Å². The summed E-state index contributed by atoms with van der Waals surface area (Å²) in [4.78, 5) is 14.9. The van der Waals surface area contributed by atoms with Gasteiger partial charge in [0.15, 0.2) is 11.5 Å². The van der Waals surface area contributed by atoms with Crippen molar-refractivity contribution < 1.29 is 0 Å². The minimum atomic E-state index is 0.614. The molecule has 0 saturated carbocycles. The van der Waals surface area contributed by atoms with Gasteiger partial charge in [-0.3, -0.25) is 4.98 Å². The Bertz CT molecular complexity index is 933. The molecule has 0 spiro atoms. The van der Waals surface area contributed by atoms with Crippen LogP contribution in [0.3, 0.4) is 0 Å². The first-order chi connectivity index (χ1) is 12.1. The van der Waals surface area contributed by atoms with Crippen molar-refractivity contribution in [3.63, 3.8) is 0 Å². The molecule has 0 aromatic carbocycles. The molecule has 0 amide bonds. The molecule has 3 aromatic rings. The number of thiophene rings is 1. The smallest absolute Gasteiger partial charge is 0.171 e. The molecule has 7 heteroatoms.